The molecule has 0 aromatic heterocycles. The van der Waals surface area contributed by atoms with E-state index in [1.807, 2.05) is 32.0 Å². The summed E-state index contributed by atoms with van der Waals surface area (Å²) in [5, 5.41) is 2.94. The van der Waals surface area contributed by atoms with Crippen molar-refractivity contribution in [3.05, 3.63) is 71.3 Å². The number of hydrogen-bond acceptors (Lipinski definition) is 3. The van der Waals surface area contributed by atoms with Crippen LogP contribution in [0.15, 0.2) is 54.6 Å². The molecule has 2 bridgehead atoms. The lowest BCUT2D eigenvalue weighted by Gasteiger charge is -2.37. The van der Waals surface area contributed by atoms with Crippen LogP contribution in [0.3, 0.4) is 0 Å². The zero-order valence-corrected chi connectivity index (χ0v) is 17.5. The number of imide groups is 1. The quantitative estimate of drug-likeness (QED) is 0.609. The number of carbonyl (C=O) groups excluding carboxylic acids is 3. The van der Waals surface area contributed by atoms with Gasteiger partial charge in [-0.3, -0.25) is 14.4 Å². The molecule has 0 spiro atoms. The zero-order chi connectivity index (χ0) is 21.4. The smallest absolute Gasteiger partial charge is 0.257 e. The molecule has 2 aromatic rings. The van der Waals surface area contributed by atoms with Crippen molar-refractivity contribution in [2.75, 3.05) is 10.2 Å². The van der Waals surface area contributed by atoms with Gasteiger partial charge in [0.15, 0.2) is 0 Å². The van der Waals surface area contributed by atoms with Gasteiger partial charge < -0.3 is 5.32 Å². The van der Waals surface area contributed by atoms with Crippen LogP contribution in [0.25, 0.3) is 0 Å². The fourth-order valence-corrected chi connectivity index (χ4v) is 6.30. The van der Waals surface area contributed by atoms with Crippen molar-refractivity contribution in [2.24, 2.45) is 35.5 Å². The summed E-state index contributed by atoms with van der Waals surface area (Å²) in [6.45, 7) is 3.96. The highest BCUT2D eigenvalue weighted by molar-refractivity contribution is 6.25. The number of carbonyl (C=O) groups is 3. The van der Waals surface area contributed by atoms with Crippen molar-refractivity contribution in [2.45, 2.75) is 20.3 Å². The van der Waals surface area contributed by atoms with Crippen molar-refractivity contribution in [3.8, 4) is 0 Å². The number of amides is 3. The summed E-state index contributed by atoms with van der Waals surface area (Å²) in [5.41, 5.74) is 3.54. The average molecular weight is 412 g/mol. The van der Waals surface area contributed by atoms with Crippen LogP contribution in [-0.2, 0) is 9.59 Å². The maximum Gasteiger partial charge on any atom is 0.257 e. The first-order valence-electron chi connectivity index (χ1n) is 11.0. The summed E-state index contributed by atoms with van der Waals surface area (Å²) < 4.78 is 0. The third-order valence-corrected chi connectivity index (χ3v) is 7.53. The Hall–Kier alpha value is -3.21. The first kappa shape index (κ1) is 18.6. The number of anilines is 2. The summed E-state index contributed by atoms with van der Waals surface area (Å²) in [4.78, 5) is 41.4. The second-order valence-electron chi connectivity index (χ2n) is 9.51. The van der Waals surface area contributed by atoms with E-state index in [0.29, 0.717) is 28.8 Å². The minimum Gasteiger partial charge on any atom is -0.322 e. The lowest BCUT2D eigenvalue weighted by Crippen LogP contribution is -2.40. The van der Waals surface area contributed by atoms with Crippen molar-refractivity contribution in [1.82, 2.24) is 0 Å². The molecule has 156 valence electrons. The van der Waals surface area contributed by atoms with Crippen LogP contribution >= 0.6 is 0 Å². The molecule has 1 aliphatic heterocycles. The molecule has 5 aliphatic rings. The molecule has 0 radical (unpaired) electrons. The van der Waals surface area contributed by atoms with Gasteiger partial charge in [0.25, 0.3) is 5.91 Å². The predicted molar refractivity (Wildman–Crippen MR) is 118 cm³/mol. The highest BCUT2D eigenvalue weighted by Gasteiger charge is 2.67. The van der Waals surface area contributed by atoms with E-state index in [4.69, 9.17) is 0 Å². The number of nitrogens with zero attached hydrogens (tertiary/aromatic N) is 1. The molecule has 31 heavy (non-hydrogen) atoms. The number of allylic oxidation sites excluding steroid dienone is 2. The van der Waals surface area contributed by atoms with Crippen LogP contribution in [0, 0.1) is 49.4 Å². The Bertz CT molecular complexity index is 1130. The fourth-order valence-electron chi connectivity index (χ4n) is 6.30. The molecule has 1 heterocycles. The highest BCUT2D eigenvalue weighted by Crippen LogP contribution is 2.65. The van der Waals surface area contributed by atoms with Crippen molar-refractivity contribution >= 4 is 29.1 Å². The minimum atomic E-state index is -0.319. The molecule has 3 fully saturated rings. The molecule has 2 aromatic carbocycles. The van der Waals surface area contributed by atoms with Gasteiger partial charge in [0.2, 0.25) is 11.8 Å². The number of rotatable bonds is 3. The topological polar surface area (TPSA) is 66.5 Å². The maximum atomic E-state index is 13.5. The molecule has 6 atom stereocenters. The van der Waals surface area contributed by atoms with E-state index in [-0.39, 0.29) is 41.4 Å². The zero-order valence-electron chi connectivity index (χ0n) is 17.5. The van der Waals surface area contributed by atoms with Crippen LogP contribution in [0.4, 0.5) is 11.4 Å². The molecular formula is C26H24N2O3. The van der Waals surface area contributed by atoms with Crippen LogP contribution in [0.1, 0.15) is 27.9 Å². The van der Waals surface area contributed by atoms with Crippen LogP contribution < -0.4 is 10.2 Å². The maximum absolute atomic E-state index is 13.5. The molecule has 2 saturated carbocycles. The summed E-state index contributed by atoms with van der Waals surface area (Å²) in [7, 11) is 0. The largest absolute Gasteiger partial charge is 0.322 e. The molecule has 3 amide bonds. The van der Waals surface area contributed by atoms with E-state index in [1.165, 1.54) is 4.90 Å². The van der Waals surface area contributed by atoms with E-state index < -0.39 is 0 Å². The summed E-state index contributed by atoms with van der Waals surface area (Å²) in [6.07, 6.45) is 5.45. The Morgan fingerprint density at radius 1 is 0.903 bits per heavy atom. The van der Waals surface area contributed by atoms with Gasteiger partial charge in [-0.25, -0.2) is 4.90 Å². The highest BCUT2D eigenvalue weighted by atomic mass is 16.2. The Morgan fingerprint density at radius 3 is 2.10 bits per heavy atom. The second kappa shape index (κ2) is 6.39. The van der Waals surface area contributed by atoms with E-state index in [9.17, 15) is 14.4 Å². The van der Waals surface area contributed by atoms with Crippen LogP contribution in [0.2, 0.25) is 0 Å². The predicted octanol–water partition coefficient (Wildman–Crippen LogP) is 4.11. The Balaban J connectivity index is 1.34. The number of para-hydroxylation sites is 1. The van der Waals surface area contributed by atoms with Crippen LogP contribution in [-0.4, -0.2) is 17.7 Å². The SMILES string of the molecule is Cc1cc(C)cc(NC(=O)c2ccccc2N2C(=O)[C@@H]3[C@H]4C=C[C@@H]([C@@H]5C[C@H]45)[C@@H]3C2=O)c1. The van der Waals surface area contributed by atoms with Gasteiger partial charge >= 0.3 is 0 Å². The molecule has 1 N–H and O–H groups in total. The van der Waals surface area contributed by atoms with Gasteiger partial charge in [0, 0.05) is 5.69 Å². The first-order valence-corrected chi connectivity index (χ1v) is 11.0. The van der Waals surface area contributed by atoms with E-state index in [1.54, 1.807) is 24.3 Å². The number of nitrogens with one attached hydrogen (secondary N) is 1. The third-order valence-electron chi connectivity index (χ3n) is 7.53. The Labute approximate surface area is 181 Å². The first-order chi connectivity index (χ1) is 14.9. The van der Waals surface area contributed by atoms with Crippen LogP contribution in [0.5, 0.6) is 0 Å². The Morgan fingerprint density at radius 2 is 1.48 bits per heavy atom. The normalized spacial score (nSPS) is 32.1. The lowest BCUT2D eigenvalue weighted by molar-refractivity contribution is -0.124. The second-order valence-corrected chi connectivity index (χ2v) is 9.51. The number of benzene rings is 2. The number of hydrogen-bond donors (Lipinski definition) is 1. The van der Waals surface area contributed by atoms with Crippen molar-refractivity contribution in [1.29, 1.82) is 0 Å². The van der Waals surface area contributed by atoms with Gasteiger partial charge in [-0.15, -0.1) is 0 Å². The van der Waals surface area contributed by atoms with E-state index >= 15 is 0 Å². The van der Waals surface area contributed by atoms with Crippen molar-refractivity contribution in [3.63, 3.8) is 0 Å². The fraction of sp³-hybridized carbons (Fsp3) is 0.346. The van der Waals surface area contributed by atoms with E-state index in [0.717, 1.165) is 17.5 Å². The summed E-state index contributed by atoms with van der Waals surface area (Å²) >= 11 is 0. The lowest BCUT2D eigenvalue weighted by atomic mass is 9.63. The molecule has 1 saturated heterocycles. The summed E-state index contributed by atoms with van der Waals surface area (Å²) in [6, 6.07) is 12.8. The Kier molecular flexibility index (Phi) is 3.83. The standard InChI is InChI=1S/C26H24N2O3/c1-13-9-14(2)11-15(10-13)27-24(29)18-5-3-4-6-21(18)28-25(30)22-16-7-8-17(20-12-19(16)20)23(22)26(28)31/h3-11,16-17,19-20,22-23H,12H2,1-2H3,(H,27,29)/t16-,17-,19-,20+,22-,23+/m0/s1. The molecule has 0 unspecified atom stereocenters. The molecule has 5 heteroatoms. The summed E-state index contributed by atoms with van der Waals surface area (Å²) in [5.74, 6) is 0.267. The van der Waals surface area contributed by atoms with Gasteiger partial charge in [-0.05, 0) is 79.3 Å². The van der Waals surface area contributed by atoms with Crippen molar-refractivity contribution < 1.29 is 14.4 Å². The van der Waals surface area contributed by atoms with Gasteiger partial charge in [-0.2, -0.15) is 0 Å². The van der Waals surface area contributed by atoms with E-state index in [2.05, 4.69) is 17.5 Å². The average Bonchev–Trinajstić information content (AvgIpc) is 3.51. The molecular weight excluding hydrogens is 388 g/mol. The minimum absolute atomic E-state index is 0.147. The molecule has 4 aliphatic carbocycles. The van der Waals surface area contributed by atoms with Gasteiger partial charge in [0.1, 0.15) is 0 Å². The number of aryl methyl sites for hydroxylation is 2. The molecule has 5 nitrogen and oxygen atoms in total. The third kappa shape index (κ3) is 2.65. The monoisotopic (exact) mass is 412 g/mol. The molecule has 7 rings (SSSR count). The van der Waals surface area contributed by atoms with Gasteiger partial charge in [-0.1, -0.05) is 30.4 Å². The van der Waals surface area contributed by atoms with Gasteiger partial charge in [0.05, 0.1) is 23.1 Å².